The summed E-state index contributed by atoms with van der Waals surface area (Å²) in [7, 11) is 0. The lowest BCUT2D eigenvalue weighted by Crippen LogP contribution is -2.55. The average molecular weight is 270 g/mol. The van der Waals surface area contributed by atoms with Crippen LogP contribution in [0.2, 0.25) is 0 Å². The van der Waals surface area contributed by atoms with Crippen LogP contribution in [0.3, 0.4) is 0 Å². The fraction of sp³-hybridized carbons (Fsp3) is 0.933. The van der Waals surface area contributed by atoms with Crippen LogP contribution in [0.15, 0.2) is 0 Å². The Bertz CT molecular complexity index is 274. The third-order valence-electron chi connectivity index (χ3n) is 4.81. The molecule has 0 saturated carbocycles. The first-order valence-electron chi connectivity index (χ1n) is 7.72. The van der Waals surface area contributed by atoms with Crippen LogP contribution in [0, 0.1) is 5.41 Å². The van der Waals surface area contributed by atoms with E-state index in [1.165, 1.54) is 0 Å². The summed E-state index contributed by atoms with van der Waals surface area (Å²) in [6.45, 7) is 7.89. The molecule has 1 aliphatic heterocycles. The molecule has 1 unspecified atom stereocenters. The van der Waals surface area contributed by atoms with Crippen molar-refractivity contribution in [2.45, 2.75) is 64.8 Å². The maximum absolute atomic E-state index is 12.5. The van der Waals surface area contributed by atoms with E-state index < -0.39 is 0 Å². The van der Waals surface area contributed by atoms with Crippen LogP contribution in [-0.2, 0) is 4.79 Å². The molecule has 19 heavy (non-hydrogen) atoms. The van der Waals surface area contributed by atoms with E-state index in [9.17, 15) is 9.90 Å². The van der Waals surface area contributed by atoms with E-state index >= 15 is 0 Å². The number of rotatable bonds is 8. The molecule has 0 bridgehead atoms. The van der Waals surface area contributed by atoms with Gasteiger partial charge in [-0.15, -0.1) is 0 Å². The summed E-state index contributed by atoms with van der Waals surface area (Å²) in [5.41, 5.74) is -0.529. The van der Waals surface area contributed by atoms with Gasteiger partial charge in [-0.25, -0.2) is 0 Å². The highest BCUT2D eigenvalue weighted by molar-refractivity contribution is 5.86. The third kappa shape index (κ3) is 3.69. The van der Waals surface area contributed by atoms with Crippen LogP contribution in [0.5, 0.6) is 0 Å². The number of aliphatic hydroxyl groups excluding tert-OH is 1. The first-order chi connectivity index (χ1) is 9.08. The molecule has 3 N–H and O–H groups in total. The summed E-state index contributed by atoms with van der Waals surface area (Å²) >= 11 is 0. The molecular weight excluding hydrogens is 240 g/mol. The first-order valence-corrected chi connectivity index (χ1v) is 7.72. The molecular formula is C15H30N2O2. The van der Waals surface area contributed by atoms with Gasteiger partial charge in [0.25, 0.3) is 0 Å². The van der Waals surface area contributed by atoms with E-state index in [0.717, 1.165) is 45.1 Å². The zero-order chi connectivity index (χ0) is 14.4. The van der Waals surface area contributed by atoms with Crippen molar-refractivity contribution in [3.8, 4) is 0 Å². The fourth-order valence-corrected chi connectivity index (χ4v) is 2.97. The van der Waals surface area contributed by atoms with Gasteiger partial charge in [-0.05, 0) is 38.6 Å². The minimum atomic E-state index is -0.364. The summed E-state index contributed by atoms with van der Waals surface area (Å²) in [6.07, 6.45) is 5.66. The predicted molar refractivity (Wildman–Crippen MR) is 78.0 cm³/mol. The van der Waals surface area contributed by atoms with Gasteiger partial charge in [0, 0.05) is 12.0 Å². The standard InChI is InChI=1S/C15H30N2O2/c1-4-8-15(9-7-10-17-15)13(19)16-11-14(5-2,6-3)12-18/h17-18H,4-12H2,1-3H3,(H,16,19). The van der Waals surface area contributed by atoms with Gasteiger partial charge < -0.3 is 15.7 Å². The molecule has 112 valence electrons. The zero-order valence-corrected chi connectivity index (χ0v) is 12.7. The van der Waals surface area contributed by atoms with Crippen molar-refractivity contribution in [1.82, 2.24) is 10.6 Å². The summed E-state index contributed by atoms with van der Waals surface area (Å²) in [6, 6.07) is 0. The summed E-state index contributed by atoms with van der Waals surface area (Å²) in [5, 5.41) is 16.0. The first kappa shape index (κ1) is 16.4. The van der Waals surface area contributed by atoms with Gasteiger partial charge in [0.2, 0.25) is 5.91 Å². The van der Waals surface area contributed by atoms with Gasteiger partial charge in [0.05, 0.1) is 12.1 Å². The average Bonchev–Trinajstić information content (AvgIpc) is 2.91. The molecule has 1 fully saturated rings. The number of hydrogen-bond acceptors (Lipinski definition) is 3. The lowest BCUT2D eigenvalue weighted by Gasteiger charge is -2.33. The Morgan fingerprint density at radius 2 is 2.05 bits per heavy atom. The second kappa shape index (κ2) is 7.25. The highest BCUT2D eigenvalue weighted by Gasteiger charge is 2.40. The third-order valence-corrected chi connectivity index (χ3v) is 4.81. The van der Waals surface area contributed by atoms with Gasteiger partial charge >= 0.3 is 0 Å². The van der Waals surface area contributed by atoms with E-state index in [1.54, 1.807) is 0 Å². The van der Waals surface area contributed by atoms with E-state index in [0.29, 0.717) is 6.54 Å². The van der Waals surface area contributed by atoms with E-state index in [4.69, 9.17) is 0 Å². The molecule has 0 aromatic heterocycles. The molecule has 0 aromatic carbocycles. The molecule has 0 radical (unpaired) electrons. The number of nitrogens with one attached hydrogen (secondary N) is 2. The maximum Gasteiger partial charge on any atom is 0.240 e. The van der Waals surface area contributed by atoms with Crippen LogP contribution in [0.25, 0.3) is 0 Å². The van der Waals surface area contributed by atoms with Crippen LogP contribution in [0.4, 0.5) is 0 Å². The molecule has 0 aliphatic carbocycles. The van der Waals surface area contributed by atoms with Gasteiger partial charge in [0.15, 0.2) is 0 Å². The smallest absolute Gasteiger partial charge is 0.240 e. The Labute approximate surface area is 117 Å². The summed E-state index contributed by atoms with van der Waals surface area (Å²) < 4.78 is 0. The Balaban J connectivity index is 2.62. The van der Waals surface area contributed by atoms with Crippen LogP contribution >= 0.6 is 0 Å². The Morgan fingerprint density at radius 1 is 1.37 bits per heavy atom. The predicted octanol–water partition coefficient (Wildman–Crippen LogP) is 1.82. The number of hydrogen-bond donors (Lipinski definition) is 3. The SMILES string of the molecule is CCCC1(C(=O)NCC(CC)(CC)CO)CCCN1. The van der Waals surface area contributed by atoms with E-state index in [2.05, 4.69) is 31.4 Å². The van der Waals surface area contributed by atoms with Gasteiger partial charge in [-0.2, -0.15) is 0 Å². The highest BCUT2D eigenvalue weighted by Crippen LogP contribution is 2.27. The van der Waals surface area contributed by atoms with Crippen LogP contribution in [0.1, 0.15) is 59.3 Å². The maximum atomic E-state index is 12.5. The number of aliphatic hydroxyl groups is 1. The summed E-state index contributed by atoms with van der Waals surface area (Å²) in [5.74, 6) is 0.117. The molecule has 4 nitrogen and oxygen atoms in total. The molecule has 1 rings (SSSR count). The number of carbonyl (C=O) groups excluding carboxylic acids is 1. The quantitative estimate of drug-likeness (QED) is 0.630. The van der Waals surface area contributed by atoms with Gasteiger partial charge in [-0.3, -0.25) is 4.79 Å². The van der Waals surface area contributed by atoms with Crippen molar-refractivity contribution in [1.29, 1.82) is 0 Å². The van der Waals surface area contributed by atoms with Crippen molar-refractivity contribution < 1.29 is 9.90 Å². The lowest BCUT2D eigenvalue weighted by atomic mass is 9.82. The lowest BCUT2D eigenvalue weighted by molar-refractivity contribution is -0.128. The van der Waals surface area contributed by atoms with Crippen molar-refractivity contribution in [2.24, 2.45) is 5.41 Å². The second-order valence-electron chi connectivity index (χ2n) is 5.91. The topological polar surface area (TPSA) is 61.4 Å². The Hall–Kier alpha value is -0.610. The van der Waals surface area contributed by atoms with Crippen molar-refractivity contribution in [2.75, 3.05) is 19.7 Å². The fourth-order valence-electron chi connectivity index (χ4n) is 2.97. The van der Waals surface area contributed by atoms with Crippen LogP contribution in [-0.4, -0.2) is 36.2 Å². The Kier molecular flexibility index (Phi) is 6.27. The van der Waals surface area contributed by atoms with Gasteiger partial charge in [0.1, 0.15) is 0 Å². The second-order valence-corrected chi connectivity index (χ2v) is 5.91. The largest absolute Gasteiger partial charge is 0.396 e. The molecule has 1 atom stereocenters. The van der Waals surface area contributed by atoms with Crippen molar-refractivity contribution in [3.05, 3.63) is 0 Å². The normalized spacial score (nSPS) is 23.6. The molecule has 4 heteroatoms. The highest BCUT2D eigenvalue weighted by atomic mass is 16.3. The minimum absolute atomic E-state index is 0.117. The Morgan fingerprint density at radius 3 is 2.47 bits per heavy atom. The molecule has 0 aromatic rings. The van der Waals surface area contributed by atoms with Crippen LogP contribution < -0.4 is 10.6 Å². The zero-order valence-electron chi connectivity index (χ0n) is 12.7. The summed E-state index contributed by atoms with van der Waals surface area (Å²) in [4.78, 5) is 12.5. The minimum Gasteiger partial charge on any atom is -0.396 e. The number of amides is 1. The molecule has 1 heterocycles. The monoisotopic (exact) mass is 270 g/mol. The molecule has 1 saturated heterocycles. The van der Waals surface area contributed by atoms with Crippen molar-refractivity contribution >= 4 is 5.91 Å². The van der Waals surface area contributed by atoms with Crippen molar-refractivity contribution in [3.63, 3.8) is 0 Å². The van der Waals surface area contributed by atoms with E-state index in [-0.39, 0.29) is 23.5 Å². The molecule has 1 amide bonds. The van der Waals surface area contributed by atoms with E-state index in [1.807, 2.05) is 0 Å². The molecule has 0 spiro atoms. The van der Waals surface area contributed by atoms with Gasteiger partial charge in [-0.1, -0.05) is 27.2 Å². The number of carbonyl (C=O) groups is 1. The molecule has 1 aliphatic rings.